The first-order chi connectivity index (χ1) is 14.4. The van der Waals surface area contributed by atoms with Crippen molar-refractivity contribution in [2.24, 2.45) is 0 Å². The van der Waals surface area contributed by atoms with Crippen LogP contribution < -0.4 is 10.2 Å². The molecule has 4 rings (SSSR count). The topological polar surface area (TPSA) is 49.4 Å². The van der Waals surface area contributed by atoms with E-state index in [2.05, 4.69) is 5.32 Å². The van der Waals surface area contributed by atoms with Crippen LogP contribution in [0.5, 0.6) is 0 Å². The Hall–Kier alpha value is -3.66. The smallest absolute Gasteiger partial charge is 0.282 e. The molecule has 4 nitrogen and oxygen atoms in total. The molecule has 0 bridgehead atoms. The number of carbonyl (C=O) groups is 2. The summed E-state index contributed by atoms with van der Waals surface area (Å²) in [4.78, 5) is 28.4. The third-order valence-corrected chi connectivity index (χ3v) is 5.62. The summed E-state index contributed by atoms with van der Waals surface area (Å²) in [6.07, 6.45) is 0. The van der Waals surface area contributed by atoms with E-state index in [-0.39, 0.29) is 11.8 Å². The summed E-state index contributed by atoms with van der Waals surface area (Å²) < 4.78 is 0. The van der Waals surface area contributed by atoms with Crippen LogP contribution in [0.3, 0.4) is 0 Å². The van der Waals surface area contributed by atoms with Crippen molar-refractivity contribution in [1.82, 2.24) is 0 Å². The molecule has 0 spiro atoms. The van der Waals surface area contributed by atoms with Gasteiger partial charge in [0.05, 0.1) is 11.3 Å². The summed E-state index contributed by atoms with van der Waals surface area (Å²) in [5.41, 5.74) is 6.89. The van der Waals surface area contributed by atoms with E-state index in [1.165, 1.54) is 4.90 Å². The zero-order valence-corrected chi connectivity index (χ0v) is 17.6. The van der Waals surface area contributed by atoms with Gasteiger partial charge >= 0.3 is 0 Å². The second-order valence-corrected chi connectivity index (χ2v) is 7.72. The van der Waals surface area contributed by atoms with Crippen LogP contribution >= 0.6 is 0 Å². The first-order valence-electron chi connectivity index (χ1n) is 9.97. The van der Waals surface area contributed by atoms with Gasteiger partial charge in [-0.25, -0.2) is 4.90 Å². The number of hydrogen-bond donors (Lipinski definition) is 1. The van der Waals surface area contributed by atoms with Gasteiger partial charge in [-0.2, -0.15) is 0 Å². The Kier molecular flexibility index (Phi) is 5.00. The Morgan fingerprint density at radius 2 is 1.47 bits per heavy atom. The van der Waals surface area contributed by atoms with E-state index in [0.29, 0.717) is 17.0 Å². The van der Waals surface area contributed by atoms with Crippen molar-refractivity contribution >= 4 is 28.8 Å². The van der Waals surface area contributed by atoms with Gasteiger partial charge in [-0.3, -0.25) is 9.59 Å². The van der Waals surface area contributed by atoms with Crippen LogP contribution in [0, 0.1) is 27.7 Å². The molecule has 0 aliphatic carbocycles. The fourth-order valence-corrected chi connectivity index (χ4v) is 3.72. The van der Waals surface area contributed by atoms with Crippen LogP contribution in [-0.4, -0.2) is 11.8 Å². The van der Waals surface area contributed by atoms with Gasteiger partial charge in [0.25, 0.3) is 11.8 Å². The Bertz CT molecular complexity index is 1190. The second kappa shape index (κ2) is 7.64. The molecule has 1 heterocycles. The van der Waals surface area contributed by atoms with Crippen LogP contribution in [-0.2, 0) is 9.59 Å². The minimum Gasteiger partial charge on any atom is -0.350 e. The SMILES string of the molecule is Cc1ccc(C)c(NC2=C(c3ccccc3)C(=O)N(c3cccc(C)c3C)C2=O)c1. The van der Waals surface area contributed by atoms with Crippen molar-refractivity contribution in [3.05, 3.63) is 100 Å². The molecule has 0 fully saturated rings. The molecular formula is C26H24N2O2. The van der Waals surface area contributed by atoms with Crippen LogP contribution in [0.2, 0.25) is 0 Å². The Morgan fingerprint density at radius 1 is 0.733 bits per heavy atom. The fourth-order valence-electron chi connectivity index (χ4n) is 3.72. The fraction of sp³-hybridized carbons (Fsp3) is 0.154. The number of aryl methyl sites for hydroxylation is 3. The molecule has 0 atom stereocenters. The largest absolute Gasteiger partial charge is 0.350 e. The quantitative estimate of drug-likeness (QED) is 0.608. The average Bonchev–Trinajstić information content (AvgIpc) is 2.97. The third-order valence-electron chi connectivity index (χ3n) is 5.62. The number of hydrogen-bond acceptors (Lipinski definition) is 3. The lowest BCUT2D eigenvalue weighted by Crippen LogP contribution is -2.33. The maximum Gasteiger partial charge on any atom is 0.282 e. The molecule has 30 heavy (non-hydrogen) atoms. The lowest BCUT2D eigenvalue weighted by Gasteiger charge is -2.19. The van der Waals surface area contributed by atoms with E-state index in [1.807, 2.05) is 94.4 Å². The first-order valence-corrected chi connectivity index (χ1v) is 9.97. The van der Waals surface area contributed by atoms with Gasteiger partial charge in [0.2, 0.25) is 0 Å². The van der Waals surface area contributed by atoms with Crippen molar-refractivity contribution in [1.29, 1.82) is 0 Å². The minimum atomic E-state index is -0.339. The van der Waals surface area contributed by atoms with Crippen LogP contribution in [0.15, 0.2) is 72.4 Å². The molecule has 4 heteroatoms. The molecule has 150 valence electrons. The summed E-state index contributed by atoms with van der Waals surface area (Å²) >= 11 is 0. The van der Waals surface area contributed by atoms with Crippen molar-refractivity contribution < 1.29 is 9.59 Å². The molecule has 0 saturated carbocycles. The van der Waals surface area contributed by atoms with E-state index in [9.17, 15) is 9.59 Å². The third kappa shape index (κ3) is 3.30. The Balaban J connectivity index is 1.87. The highest BCUT2D eigenvalue weighted by molar-refractivity contribution is 6.46. The van der Waals surface area contributed by atoms with Gasteiger partial charge in [0.15, 0.2) is 0 Å². The minimum absolute atomic E-state index is 0.306. The Morgan fingerprint density at radius 3 is 2.20 bits per heavy atom. The zero-order chi connectivity index (χ0) is 21.4. The van der Waals surface area contributed by atoms with Gasteiger partial charge in [-0.1, -0.05) is 54.6 Å². The molecule has 0 unspecified atom stereocenters. The molecular weight excluding hydrogens is 372 g/mol. The van der Waals surface area contributed by atoms with Crippen molar-refractivity contribution in [2.45, 2.75) is 27.7 Å². The number of nitrogens with one attached hydrogen (secondary N) is 1. The molecule has 1 aliphatic rings. The number of anilines is 2. The van der Waals surface area contributed by atoms with Gasteiger partial charge in [-0.05, 0) is 67.6 Å². The Labute approximate surface area is 176 Å². The molecule has 1 aliphatic heterocycles. The zero-order valence-electron chi connectivity index (χ0n) is 17.6. The number of benzene rings is 3. The standard InChI is InChI=1S/C26H24N2O2/c1-16-13-14-18(3)21(15-16)27-24-23(20-10-6-5-7-11-20)25(29)28(26(24)30)22-12-8-9-17(2)19(22)4/h5-15,27H,1-4H3. The maximum absolute atomic E-state index is 13.5. The van der Waals surface area contributed by atoms with Crippen LogP contribution in [0.4, 0.5) is 11.4 Å². The summed E-state index contributed by atoms with van der Waals surface area (Å²) in [5.74, 6) is -0.652. The second-order valence-electron chi connectivity index (χ2n) is 7.72. The van der Waals surface area contributed by atoms with Crippen LogP contribution in [0.25, 0.3) is 5.57 Å². The number of rotatable bonds is 4. The molecule has 2 amide bonds. The van der Waals surface area contributed by atoms with Gasteiger partial charge in [-0.15, -0.1) is 0 Å². The highest BCUT2D eigenvalue weighted by Crippen LogP contribution is 2.36. The van der Waals surface area contributed by atoms with E-state index >= 15 is 0 Å². The van der Waals surface area contributed by atoms with Gasteiger partial charge < -0.3 is 5.32 Å². The predicted molar refractivity (Wildman–Crippen MR) is 121 cm³/mol. The van der Waals surface area contributed by atoms with E-state index in [4.69, 9.17) is 0 Å². The highest BCUT2D eigenvalue weighted by atomic mass is 16.2. The monoisotopic (exact) mass is 396 g/mol. The van der Waals surface area contributed by atoms with Crippen LogP contribution in [0.1, 0.15) is 27.8 Å². The van der Waals surface area contributed by atoms with Crippen molar-refractivity contribution in [2.75, 3.05) is 10.2 Å². The van der Waals surface area contributed by atoms with E-state index in [1.54, 1.807) is 0 Å². The normalized spacial score (nSPS) is 13.9. The lowest BCUT2D eigenvalue weighted by atomic mass is 10.0. The maximum atomic E-state index is 13.5. The van der Waals surface area contributed by atoms with Crippen molar-refractivity contribution in [3.8, 4) is 0 Å². The lowest BCUT2D eigenvalue weighted by molar-refractivity contribution is -0.120. The summed E-state index contributed by atoms with van der Waals surface area (Å²) in [6, 6.07) is 21.0. The molecule has 0 saturated heterocycles. The summed E-state index contributed by atoms with van der Waals surface area (Å²) in [5, 5.41) is 3.28. The van der Waals surface area contributed by atoms with E-state index in [0.717, 1.165) is 33.5 Å². The number of amides is 2. The number of imide groups is 1. The number of carbonyl (C=O) groups excluding carboxylic acids is 2. The first kappa shape index (κ1) is 19.6. The molecule has 0 radical (unpaired) electrons. The predicted octanol–water partition coefficient (Wildman–Crippen LogP) is 5.32. The molecule has 0 aromatic heterocycles. The number of nitrogens with zero attached hydrogens (tertiary/aromatic N) is 1. The summed E-state index contributed by atoms with van der Waals surface area (Å²) in [6.45, 7) is 7.89. The molecule has 3 aromatic carbocycles. The molecule has 3 aromatic rings. The average molecular weight is 396 g/mol. The van der Waals surface area contributed by atoms with Gasteiger partial charge in [0.1, 0.15) is 5.70 Å². The summed E-state index contributed by atoms with van der Waals surface area (Å²) in [7, 11) is 0. The van der Waals surface area contributed by atoms with Gasteiger partial charge in [0, 0.05) is 5.69 Å². The van der Waals surface area contributed by atoms with E-state index < -0.39 is 0 Å². The highest BCUT2D eigenvalue weighted by Gasteiger charge is 2.41. The molecule has 1 N–H and O–H groups in total. The van der Waals surface area contributed by atoms with Crippen molar-refractivity contribution in [3.63, 3.8) is 0 Å².